The molecule has 3 N–H and O–H groups in total. The molecular weight excluding hydrogens is 200 g/mol. The standard InChI is InChI=1S/C9H16N2O4/c10-2-4-15-6-8(12)11-3-1-7(5-11)9(13)14/h7H,1-6,10H2,(H,13,14). The van der Waals surface area contributed by atoms with E-state index < -0.39 is 11.9 Å². The fourth-order valence-electron chi connectivity index (χ4n) is 1.52. The summed E-state index contributed by atoms with van der Waals surface area (Å²) in [4.78, 5) is 23.6. The van der Waals surface area contributed by atoms with E-state index >= 15 is 0 Å². The van der Waals surface area contributed by atoms with Crippen molar-refractivity contribution >= 4 is 11.9 Å². The molecule has 0 spiro atoms. The van der Waals surface area contributed by atoms with E-state index in [2.05, 4.69) is 0 Å². The van der Waals surface area contributed by atoms with Crippen LogP contribution in [0.2, 0.25) is 0 Å². The number of carboxylic acid groups (broad SMARTS) is 1. The predicted molar refractivity (Wildman–Crippen MR) is 52.2 cm³/mol. The fourth-order valence-corrected chi connectivity index (χ4v) is 1.52. The number of rotatable bonds is 5. The van der Waals surface area contributed by atoms with Crippen molar-refractivity contribution in [3.63, 3.8) is 0 Å². The molecule has 0 aromatic heterocycles. The van der Waals surface area contributed by atoms with Gasteiger partial charge in [-0.15, -0.1) is 0 Å². The quantitative estimate of drug-likeness (QED) is 0.569. The van der Waals surface area contributed by atoms with Gasteiger partial charge in [0.1, 0.15) is 6.61 Å². The van der Waals surface area contributed by atoms with Crippen molar-refractivity contribution in [2.75, 3.05) is 32.8 Å². The maximum absolute atomic E-state index is 11.5. The SMILES string of the molecule is NCCOCC(=O)N1CCC(C(=O)O)C1. The van der Waals surface area contributed by atoms with Gasteiger partial charge in [-0.05, 0) is 6.42 Å². The Morgan fingerprint density at radius 1 is 1.53 bits per heavy atom. The smallest absolute Gasteiger partial charge is 0.308 e. The van der Waals surface area contributed by atoms with Crippen molar-refractivity contribution in [1.82, 2.24) is 4.90 Å². The van der Waals surface area contributed by atoms with E-state index in [4.69, 9.17) is 15.6 Å². The Morgan fingerprint density at radius 2 is 2.27 bits per heavy atom. The Morgan fingerprint density at radius 3 is 2.80 bits per heavy atom. The monoisotopic (exact) mass is 216 g/mol. The van der Waals surface area contributed by atoms with Gasteiger partial charge in [0.2, 0.25) is 5.91 Å². The van der Waals surface area contributed by atoms with Crippen LogP contribution in [0.1, 0.15) is 6.42 Å². The molecule has 1 atom stereocenters. The summed E-state index contributed by atoms with van der Waals surface area (Å²) >= 11 is 0. The van der Waals surface area contributed by atoms with Crippen molar-refractivity contribution in [2.45, 2.75) is 6.42 Å². The first kappa shape index (κ1) is 11.9. The number of carbonyl (C=O) groups is 2. The summed E-state index contributed by atoms with van der Waals surface area (Å²) in [6.45, 7) is 1.51. The zero-order valence-corrected chi connectivity index (χ0v) is 8.52. The van der Waals surface area contributed by atoms with Crippen LogP contribution < -0.4 is 5.73 Å². The molecule has 15 heavy (non-hydrogen) atoms. The number of hydrogen-bond donors (Lipinski definition) is 2. The number of carbonyl (C=O) groups excluding carboxylic acids is 1. The number of carboxylic acids is 1. The van der Waals surface area contributed by atoms with Gasteiger partial charge >= 0.3 is 5.97 Å². The van der Waals surface area contributed by atoms with Crippen molar-refractivity contribution in [2.24, 2.45) is 11.7 Å². The van der Waals surface area contributed by atoms with E-state index in [1.165, 1.54) is 4.90 Å². The van der Waals surface area contributed by atoms with Gasteiger partial charge in [-0.2, -0.15) is 0 Å². The second kappa shape index (κ2) is 5.67. The molecule has 0 aliphatic carbocycles. The topological polar surface area (TPSA) is 92.9 Å². The lowest BCUT2D eigenvalue weighted by Crippen LogP contribution is -2.33. The molecule has 0 radical (unpaired) electrons. The minimum absolute atomic E-state index is 0.0104. The van der Waals surface area contributed by atoms with Crippen LogP contribution in [0.4, 0.5) is 0 Å². The lowest BCUT2D eigenvalue weighted by atomic mass is 10.1. The van der Waals surface area contributed by atoms with E-state index in [0.717, 1.165) is 0 Å². The van der Waals surface area contributed by atoms with Gasteiger partial charge in [-0.1, -0.05) is 0 Å². The number of ether oxygens (including phenoxy) is 1. The van der Waals surface area contributed by atoms with Crippen LogP contribution in [-0.2, 0) is 14.3 Å². The number of nitrogens with zero attached hydrogens (tertiary/aromatic N) is 1. The first-order valence-corrected chi connectivity index (χ1v) is 4.93. The van der Waals surface area contributed by atoms with Gasteiger partial charge in [-0.3, -0.25) is 9.59 Å². The van der Waals surface area contributed by atoms with E-state index in [1.807, 2.05) is 0 Å². The van der Waals surface area contributed by atoms with Crippen LogP contribution >= 0.6 is 0 Å². The van der Waals surface area contributed by atoms with E-state index in [1.54, 1.807) is 0 Å². The first-order valence-electron chi connectivity index (χ1n) is 4.93. The molecular formula is C9H16N2O4. The highest BCUT2D eigenvalue weighted by atomic mass is 16.5. The molecule has 1 fully saturated rings. The summed E-state index contributed by atoms with van der Waals surface area (Å²) in [6, 6.07) is 0. The summed E-state index contributed by atoms with van der Waals surface area (Å²) in [5.41, 5.74) is 5.20. The summed E-state index contributed by atoms with van der Waals surface area (Å²) in [5.74, 6) is -1.43. The van der Waals surface area contributed by atoms with Crippen LogP contribution in [0.3, 0.4) is 0 Å². The summed E-state index contributed by atoms with van der Waals surface area (Å²) in [6.07, 6.45) is 0.526. The van der Waals surface area contributed by atoms with Crippen LogP contribution in [-0.4, -0.2) is 54.7 Å². The van der Waals surface area contributed by atoms with E-state index in [9.17, 15) is 9.59 Å². The van der Waals surface area contributed by atoms with Gasteiger partial charge in [0.25, 0.3) is 0 Å². The summed E-state index contributed by atoms with van der Waals surface area (Å²) in [7, 11) is 0. The minimum Gasteiger partial charge on any atom is -0.481 e. The van der Waals surface area contributed by atoms with Crippen molar-refractivity contribution in [3.05, 3.63) is 0 Å². The third-order valence-corrected chi connectivity index (χ3v) is 2.38. The van der Waals surface area contributed by atoms with E-state index in [-0.39, 0.29) is 12.5 Å². The number of aliphatic carboxylic acids is 1. The maximum Gasteiger partial charge on any atom is 0.308 e. The molecule has 86 valence electrons. The molecule has 0 aromatic carbocycles. The number of likely N-dealkylation sites (tertiary alicyclic amines) is 1. The Kier molecular flexibility index (Phi) is 4.51. The summed E-state index contributed by atoms with van der Waals surface area (Å²) in [5, 5.41) is 8.74. The van der Waals surface area contributed by atoms with Crippen LogP contribution in [0.15, 0.2) is 0 Å². The average Bonchev–Trinajstić information content (AvgIpc) is 2.66. The highest BCUT2D eigenvalue weighted by molar-refractivity contribution is 5.79. The molecule has 1 aliphatic heterocycles. The molecule has 1 heterocycles. The Labute approximate surface area is 88.0 Å². The van der Waals surface area contributed by atoms with Gasteiger partial charge < -0.3 is 20.5 Å². The lowest BCUT2D eigenvalue weighted by molar-refractivity contribution is -0.141. The van der Waals surface area contributed by atoms with E-state index in [0.29, 0.717) is 32.7 Å². The summed E-state index contributed by atoms with van der Waals surface area (Å²) < 4.78 is 4.99. The highest BCUT2D eigenvalue weighted by Gasteiger charge is 2.30. The average molecular weight is 216 g/mol. The molecule has 6 nitrogen and oxygen atoms in total. The number of amides is 1. The normalized spacial score (nSPS) is 20.6. The van der Waals surface area contributed by atoms with Gasteiger partial charge in [0.05, 0.1) is 12.5 Å². The second-order valence-electron chi connectivity index (χ2n) is 3.50. The third-order valence-electron chi connectivity index (χ3n) is 2.38. The van der Waals surface area contributed by atoms with Gasteiger partial charge in [-0.25, -0.2) is 0 Å². The number of hydrogen-bond acceptors (Lipinski definition) is 4. The lowest BCUT2D eigenvalue weighted by Gasteiger charge is -2.15. The highest BCUT2D eigenvalue weighted by Crippen LogP contribution is 2.16. The molecule has 1 aliphatic rings. The molecule has 1 rings (SSSR count). The molecule has 1 saturated heterocycles. The Balaban J connectivity index is 2.27. The van der Waals surface area contributed by atoms with Crippen molar-refractivity contribution in [1.29, 1.82) is 0 Å². The largest absolute Gasteiger partial charge is 0.481 e. The molecule has 0 aromatic rings. The van der Waals surface area contributed by atoms with Gasteiger partial charge in [0, 0.05) is 19.6 Å². The maximum atomic E-state index is 11.5. The Hall–Kier alpha value is -1.14. The molecule has 1 amide bonds. The zero-order chi connectivity index (χ0) is 11.3. The van der Waals surface area contributed by atoms with Crippen LogP contribution in [0.5, 0.6) is 0 Å². The number of nitrogens with two attached hydrogens (primary N) is 1. The minimum atomic E-state index is -0.840. The molecule has 6 heteroatoms. The molecule has 0 saturated carbocycles. The second-order valence-corrected chi connectivity index (χ2v) is 3.50. The van der Waals surface area contributed by atoms with Crippen LogP contribution in [0, 0.1) is 5.92 Å². The molecule has 1 unspecified atom stereocenters. The fraction of sp³-hybridized carbons (Fsp3) is 0.778. The first-order chi connectivity index (χ1) is 7.15. The van der Waals surface area contributed by atoms with Crippen molar-refractivity contribution in [3.8, 4) is 0 Å². The van der Waals surface area contributed by atoms with Crippen molar-refractivity contribution < 1.29 is 19.4 Å². The predicted octanol–water partition coefficient (Wildman–Crippen LogP) is -1.11. The van der Waals surface area contributed by atoms with Crippen LogP contribution in [0.25, 0.3) is 0 Å². The Bertz CT molecular complexity index is 244. The third kappa shape index (κ3) is 3.49. The molecule has 0 bridgehead atoms. The zero-order valence-electron chi connectivity index (χ0n) is 8.52. The van der Waals surface area contributed by atoms with Gasteiger partial charge in [0.15, 0.2) is 0 Å².